The van der Waals surface area contributed by atoms with Gasteiger partial charge in [0.2, 0.25) is 11.8 Å². The van der Waals surface area contributed by atoms with E-state index in [1.165, 1.54) is 12.1 Å². The lowest BCUT2D eigenvalue weighted by Crippen LogP contribution is -2.41. The van der Waals surface area contributed by atoms with E-state index >= 15 is 0 Å². The average molecular weight is 557 g/mol. The summed E-state index contributed by atoms with van der Waals surface area (Å²) in [6, 6.07) is 7.67. The third kappa shape index (κ3) is 5.39. The Bertz CT molecular complexity index is 1440. The number of halogens is 3. The molecule has 3 atom stereocenters. The van der Waals surface area contributed by atoms with Crippen molar-refractivity contribution in [2.24, 2.45) is 0 Å². The molecule has 1 unspecified atom stereocenters. The van der Waals surface area contributed by atoms with Gasteiger partial charge in [-0.05, 0) is 38.5 Å². The normalized spacial score (nSPS) is 22.9. The highest BCUT2D eigenvalue weighted by atomic mass is 19.4. The first-order chi connectivity index (χ1) is 19.0. The fourth-order valence-corrected chi connectivity index (χ4v) is 5.13. The van der Waals surface area contributed by atoms with E-state index in [0.29, 0.717) is 42.6 Å². The van der Waals surface area contributed by atoms with E-state index in [9.17, 15) is 18.0 Å². The standard InChI is InChI=1S/C27H27F3N6O4/c1-26(2)39-14-19(40-26)13-38-22-10-17(6-7-31-22)34-25(37)20-9-18-12-36(20)21-11-32-23(35-24(21)33-18)15-4-3-5-16(8-15)27(28,29)30/h3-8,10-11,18-20H,9,12-14H2,1-2H3,(H,31,34,37)(H,32,33,35)/t18-,19+,20?/m0/s1. The van der Waals surface area contributed by atoms with Crippen molar-refractivity contribution in [3.63, 3.8) is 0 Å². The van der Waals surface area contributed by atoms with Crippen LogP contribution in [0.1, 0.15) is 25.8 Å². The Morgan fingerprint density at radius 3 is 2.88 bits per heavy atom. The number of hydrogen-bond acceptors (Lipinski definition) is 9. The van der Waals surface area contributed by atoms with Crippen LogP contribution in [0.2, 0.25) is 0 Å². The molecule has 6 rings (SSSR count). The number of amides is 1. The molecule has 3 aliphatic heterocycles. The predicted molar refractivity (Wildman–Crippen MR) is 139 cm³/mol. The number of ether oxygens (including phenoxy) is 3. The largest absolute Gasteiger partial charge is 0.475 e. The van der Waals surface area contributed by atoms with Crippen LogP contribution in [0, 0.1) is 0 Å². The zero-order valence-electron chi connectivity index (χ0n) is 21.7. The maximum atomic E-state index is 13.3. The van der Waals surface area contributed by atoms with Crippen molar-refractivity contribution >= 4 is 23.1 Å². The first-order valence-corrected chi connectivity index (χ1v) is 12.8. The number of alkyl halides is 3. The zero-order valence-corrected chi connectivity index (χ0v) is 21.7. The Morgan fingerprint density at radius 1 is 1.25 bits per heavy atom. The van der Waals surface area contributed by atoms with Gasteiger partial charge in [-0.2, -0.15) is 13.2 Å². The van der Waals surface area contributed by atoms with Crippen LogP contribution in [0.4, 0.5) is 30.4 Å². The summed E-state index contributed by atoms with van der Waals surface area (Å²) in [4.78, 5) is 28.2. The summed E-state index contributed by atoms with van der Waals surface area (Å²) in [7, 11) is 0. The molecule has 1 aromatic carbocycles. The molecule has 40 heavy (non-hydrogen) atoms. The quantitative estimate of drug-likeness (QED) is 0.464. The monoisotopic (exact) mass is 556 g/mol. The molecule has 2 saturated heterocycles. The van der Waals surface area contributed by atoms with Gasteiger partial charge in [0.05, 0.1) is 24.1 Å². The van der Waals surface area contributed by atoms with Gasteiger partial charge in [-0.3, -0.25) is 4.79 Å². The number of carbonyl (C=O) groups excluding carboxylic acids is 1. The Hall–Kier alpha value is -3.97. The molecule has 210 valence electrons. The fourth-order valence-electron chi connectivity index (χ4n) is 5.13. The molecule has 10 nitrogen and oxygen atoms in total. The fraction of sp³-hybridized carbons (Fsp3) is 0.407. The van der Waals surface area contributed by atoms with Crippen molar-refractivity contribution in [1.82, 2.24) is 15.0 Å². The van der Waals surface area contributed by atoms with Gasteiger partial charge in [-0.25, -0.2) is 15.0 Å². The molecule has 0 spiro atoms. The van der Waals surface area contributed by atoms with Gasteiger partial charge in [0.1, 0.15) is 18.8 Å². The van der Waals surface area contributed by atoms with Crippen molar-refractivity contribution in [1.29, 1.82) is 0 Å². The van der Waals surface area contributed by atoms with E-state index in [2.05, 4.69) is 25.6 Å². The highest BCUT2D eigenvalue weighted by Crippen LogP contribution is 2.39. The van der Waals surface area contributed by atoms with E-state index in [4.69, 9.17) is 14.2 Å². The van der Waals surface area contributed by atoms with Crippen molar-refractivity contribution in [2.75, 3.05) is 35.3 Å². The Balaban J connectivity index is 1.14. The summed E-state index contributed by atoms with van der Waals surface area (Å²) >= 11 is 0. The van der Waals surface area contributed by atoms with E-state index in [-0.39, 0.29) is 36.0 Å². The average Bonchev–Trinajstić information content (AvgIpc) is 3.45. The predicted octanol–water partition coefficient (Wildman–Crippen LogP) is 4.10. The second kappa shape index (κ2) is 9.89. The lowest BCUT2D eigenvalue weighted by Gasteiger charge is -2.30. The van der Waals surface area contributed by atoms with Crippen LogP contribution in [-0.4, -0.2) is 64.6 Å². The summed E-state index contributed by atoms with van der Waals surface area (Å²) in [5.41, 5.74) is 0.637. The molecule has 13 heteroatoms. The minimum atomic E-state index is -4.47. The molecule has 2 N–H and O–H groups in total. The lowest BCUT2D eigenvalue weighted by molar-refractivity contribution is -0.141. The molecule has 2 fully saturated rings. The van der Waals surface area contributed by atoms with E-state index in [1.54, 1.807) is 24.5 Å². The Morgan fingerprint density at radius 2 is 2.10 bits per heavy atom. The van der Waals surface area contributed by atoms with Crippen molar-refractivity contribution in [3.05, 3.63) is 54.4 Å². The molecule has 3 aromatic rings. The van der Waals surface area contributed by atoms with Crippen LogP contribution in [0.25, 0.3) is 11.4 Å². The highest BCUT2D eigenvalue weighted by Gasteiger charge is 2.42. The molecule has 2 bridgehead atoms. The number of fused-ring (bicyclic) bond motifs is 4. The molecule has 0 saturated carbocycles. The number of rotatable bonds is 6. The summed E-state index contributed by atoms with van der Waals surface area (Å²) in [5.74, 6) is 0.132. The van der Waals surface area contributed by atoms with E-state index in [0.717, 1.165) is 12.1 Å². The molecule has 5 heterocycles. The topological polar surface area (TPSA) is 111 Å². The molecular weight excluding hydrogens is 529 g/mol. The van der Waals surface area contributed by atoms with Gasteiger partial charge in [0.25, 0.3) is 0 Å². The maximum Gasteiger partial charge on any atom is 0.416 e. The third-order valence-electron chi connectivity index (χ3n) is 6.96. The summed E-state index contributed by atoms with van der Waals surface area (Å²) < 4.78 is 56.6. The van der Waals surface area contributed by atoms with Crippen molar-refractivity contribution in [2.45, 2.75) is 50.4 Å². The van der Waals surface area contributed by atoms with Gasteiger partial charge in [0, 0.05) is 36.1 Å². The molecular formula is C27H27F3N6O4. The molecule has 1 amide bonds. The SMILES string of the molecule is CC1(C)OC[C@@H](COc2cc(NC(=O)C3C[C@H]4CN3c3cnc(-c5cccc(C(F)(F)F)c5)nc3N4)ccn2)O1. The smallest absolute Gasteiger partial charge is 0.416 e. The van der Waals surface area contributed by atoms with Gasteiger partial charge in [-0.1, -0.05) is 12.1 Å². The van der Waals surface area contributed by atoms with E-state index < -0.39 is 23.6 Å². The maximum absolute atomic E-state index is 13.3. The van der Waals surface area contributed by atoms with Gasteiger partial charge >= 0.3 is 6.18 Å². The van der Waals surface area contributed by atoms with Crippen molar-refractivity contribution < 1.29 is 32.2 Å². The summed E-state index contributed by atoms with van der Waals surface area (Å²) in [5, 5.41) is 6.24. The second-order valence-electron chi connectivity index (χ2n) is 10.4. The van der Waals surface area contributed by atoms with Gasteiger partial charge < -0.3 is 29.7 Å². The van der Waals surface area contributed by atoms with Gasteiger partial charge in [0.15, 0.2) is 17.4 Å². The number of nitrogens with zero attached hydrogens (tertiary/aromatic N) is 4. The number of nitrogens with one attached hydrogen (secondary N) is 2. The number of aromatic nitrogens is 3. The Kier molecular flexibility index (Phi) is 6.50. The van der Waals surface area contributed by atoms with Crippen LogP contribution >= 0.6 is 0 Å². The summed E-state index contributed by atoms with van der Waals surface area (Å²) in [6.45, 7) is 4.93. The third-order valence-corrected chi connectivity index (χ3v) is 6.96. The molecule has 0 aliphatic carbocycles. The lowest BCUT2D eigenvalue weighted by atomic mass is 10.1. The van der Waals surface area contributed by atoms with Crippen LogP contribution in [0.3, 0.4) is 0 Å². The number of anilines is 3. The van der Waals surface area contributed by atoms with Crippen LogP contribution in [-0.2, 0) is 20.4 Å². The highest BCUT2D eigenvalue weighted by molar-refractivity contribution is 5.98. The number of benzene rings is 1. The van der Waals surface area contributed by atoms with Crippen molar-refractivity contribution in [3.8, 4) is 17.3 Å². The molecule has 2 aromatic heterocycles. The molecule has 0 radical (unpaired) electrons. The van der Waals surface area contributed by atoms with Crippen LogP contribution in [0.5, 0.6) is 5.88 Å². The minimum absolute atomic E-state index is 0.0540. The second-order valence-corrected chi connectivity index (χ2v) is 10.4. The van der Waals surface area contributed by atoms with Crippen LogP contribution < -0.4 is 20.3 Å². The number of hydrogen-bond donors (Lipinski definition) is 2. The number of carbonyl (C=O) groups is 1. The van der Waals surface area contributed by atoms with Gasteiger partial charge in [-0.15, -0.1) is 0 Å². The first kappa shape index (κ1) is 26.3. The zero-order chi connectivity index (χ0) is 28.1. The first-order valence-electron chi connectivity index (χ1n) is 12.8. The van der Waals surface area contributed by atoms with Crippen LogP contribution in [0.15, 0.2) is 48.8 Å². The minimum Gasteiger partial charge on any atom is -0.475 e. The number of pyridine rings is 1. The molecule has 3 aliphatic rings. The summed E-state index contributed by atoms with van der Waals surface area (Å²) in [6.07, 6.45) is -1.07. The van der Waals surface area contributed by atoms with E-state index in [1.807, 2.05) is 18.7 Å². The Labute approximate surface area is 227 Å².